The molecule has 3 aliphatic rings. The van der Waals surface area contributed by atoms with Gasteiger partial charge in [-0.2, -0.15) is 0 Å². The van der Waals surface area contributed by atoms with Gasteiger partial charge in [0.05, 0.1) is 47.3 Å². The molecule has 8 nitrogen and oxygen atoms in total. The van der Waals surface area contributed by atoms with E-state index in [0.29, 0.717) is 0 Å². The molecule has 5 N–H and O–H groups in total. The number of carbonyl (C=O) groups excluding carboxylic acids is 1. The summed E-state index contributed by atoms with van der Waals surface area (Å²) in [7, 11) is 0. The van der Waals surface area contributed by atoms with Crippen molar-refractivity contribution >= 4 is 11.4 Å². The quantitative estimate of drug-likeness (QED) is 0.430. The van der Waals surface area contributed by atoms with Crippen LogP contribution in [0.3, 0.4) is 0 Å². The van der Waals surface area contributed by atoms with Crippen molar-refractivity contribution < 1.29 is 39.8 Å². The van der Waals surface area contributed by atoms with Crippen LogP contribution in [-0.2, 0) is 14.3 Å². The van der Waals surface area contributed by atoms with Crippen molar-refractivity contribution in [1.82, 2.24) is 0 Å². The lowest BCUT2D eigenvalue weighted by Gasteiger charge is -2.53. The van der Waals surface area contributed by atoms with Crippen LogP contribution in [0, 0.1) is 17.8 Å². The van der Waals surface area contributed by atoms with Gasteiger partial charge in [-0.25, -0.2) is 0 Å². The number of allylic oxidation sites excluding steroid dienone is 1. The summed E-state index contributed by atoms with van der Waals surface area (Å²) in [6.07, 6.45) is 1.55. The van der Waals surface area contributed by atoms with Gasteiger partial charge < -0.3 is 35.0 Å². The lowest BCUT2D eigenvalue weighted by molar-refractivity contribution is -0.204. The minimum Gasteiger partial charge on any atom is -0.508 e. The predicted octanol–water partition coefficient (Wildman–Crippen LogP) is 1.89. The van der Waals surface area contributed by atoms with E-state index < -0.39 is 53.2 Å². The Morgan fingerprint density at radius 3 is 2.52 bits per heavy atom. The maximum atomic E-state index is 13.6. The highest BCUT2D eigenvalue weighted by molar-refractivity contribution is 6.23. The number of carbonyl (C=O) groups is 1. The Balaban J connectivity index is 1.74. The van der Waals surface area contributed by atoms with Gasteiger partial charge in [0.15, 0.2) is 5.78 Å². The predicted molar refractivity (Wildman–Crippen MR) is 119 cm³/mol. The number of hydrogen-bond donors (Lipinski definition) is 5. The molecule has 0 bridgehead atoms. The number of phenols is 2. The smallest absolute Gasteiger partial charge is 0.176 e. The number of aromatic hydroxyl groups is 2. The molecule has 0 amide bonds. The minimum atomic E-state index is -1.40. The third-order valence-electron chi connectivity index (χ3n) is 6.99. The normalized spacial score (nSPS) is 34.0. The maximum absolute atomic E-state index is 13.6. The zero-order chi connectivity index (χ0) is 24.3. The molecule has 7 unspecified atom stereocenters. The lowest BCUT2D eigenvalue weighted by atomic mass is 9.63. The third kappa shape index (κ3) is 4.28. The Labute approximate surface area is 192 Å². The monoisotopic (exact) mass is 460 g/mol. The summed E-state index contributed by atoms with van der Waals surface area (Å²) < 4.78 is 12.3. The number of phenolic OH excluding ortho intramolecular Hbond substituents is 2. The molecule has 8 heteroatoms. The van der Waals surface area contributed by atoms with Gasteiger partial charge in [0.2, 0.25) is 0 Å². The van der Waals surface area contributed by atoms with Crippen molar-refractivity contribution in [2.75, 3.05) is 0 Å². The molecule has 7 atom stereocenters. The fraction of sp³-hybridized carbons (Fsp3) is 0.560. The molecule has 0 saturated heterocycles. The fourth-order valence-corrected chi connectivity index (χ4v) is 5.11. The van der Waals surface area contributed by atoms with Crippen LogP contribution in [0.25, 0.3) is 5.57 Å². The zero-order valence-electron chi connectivity index (χ0n) is 19.2. The molecule has 1 aromatic rings. The molecule has 2 heterocycles. The molecule has 33 heavy (non-hydrogen) atoms. The number of ketones is 1. The van der Waals surface area contributed by atoms with Gasteiger partial charge in [-0.1, -0.05) is 12.2 Å². The highest BCUT2D eigenvalue weighted by atomic mass is 16.5. The van der Waals surface area contributed by atoms with Gasteiger partial charge in [0.25, 0.3) is 0 Å². The fourth-order valence-electron chi connectivity index (χ4n) is 5.11. The van der Waals surface area contributed by atoms with Crippen LogP contribution in [0.15, 0.2) is 36.6 Å². The van der Waals surface area contributed by atoms with Gasteiger partial charge in [-0.3, -0.25) is 4.79 Å². The molecule has 1 saturated carbocycles. The molecule has 2 aliphatic heterocycles. The Hall–Kier alpha value is -2.39. The summed E-state index contributed by atoms with van der Waals surface area (Å²) in [5, 5.41) is 52.2. The number of aliphatic hydroxyl groups excluding tert-OH is 2. The maximum Gasteiger partial charge on any atom is 0.176 e. The third-order valence-corrected chi connectivity index (χ3v) is 6.99. The Morgan fingerprint density at radius 2 is 1.88 bits per heavy atom. The van der Waals surface area contributed by atoms with E-state index in [1.807, 2.05) is 26.0 Å². The lowest BCUT2D eigenvalue weighted by Crippen LogP contribution is -2.62. The van der Waals surface area contributed by atoms with Gasteiger partial charge in [-0.05, 0) is 46.2 Å². The van der Waals surface area contributed by atoms with Crippen molar-refractivity contribution in [2.45, 2.75) is 69.7 Å². The Bertz CT molecular complexity index is 989. The van der Waals surface area contributed by atoms with E-state index in [0.717, 1.165) is 6.07 Å². The van der Waals surface area contributed by atoms with Crippen LogP contribution in [0.2, 0.25) is 0 Å². The van der Waals surface area contributed by atoms with Gasteiger partial charge in [0, 0.05) is 23.5 Å². The Morgan fingerprint density at radius 1 is 1.18 bits per heavy atom. The van der Waals surface area contributed by atoms with Crippen molar-refractivity contribution in [1.29, 1.82) is 0 Å². The molecular formula is C25H32O8. The van der Waals surface area contributed by atoms with E-state index >= 15 is 0 Å². The van der Waals surface area contributed by atoms with Gasteiger partial charge >= 0.3 is 0 Å². The van der Waals surface area contributed by atoms with Crippen LogP contribution < -0.4 is 0 Å². The number of ether oxygens (including phenoxy) is 2. The van der Waals surface area contributed by atoms with E-state index in [2.05, 4.69) is 0 Å². The van der Waals surface area contributed by atoms with Crippen molar-refractivity contribution in [3.05, 3.63) is 42.2 Å². The summed E-state index contributed by atoms with van der Waals surface area (Å²) in [6.45, 7) is 6.75. The van der Waals surface area contributed by atoms with Crippen molar-refractivity contribution in [2.24, 2.45) is 17.8 Å². The summed E-state index contributed by atoms with van der Waals surface area (Å²) >= 11 is 0. The second-order valence-corrected chi connectivity index (χ2v) is 10.4. The molecule has 180 valence electrons. The molecule has 1 aromatic carbocycles. The van der Waals surface area contributed by atoms with Gasteiger partial charge in [-0.15, -0.1) is 0 Å². The second-order valence-electron chi connectivity index (χ2n) is 10.4. The number of Topliss-reactive ketones (excluding diaryl/α,β-unsaturated/α-hetero) is 1. The van der Waals surface area contributed by atoms with Crippen LogP contribution in [0.4, 0.5) is 0 Å². The summed E-state index contributed by atoms with van der Waals surface area (Å²) in [5.41, 5.74) is -1.73. The van der Waals surface area contributed by atoms with E-state index in [-0.39, 0.29) is 35.0 Å². The van der Waals surface area contributed by atoms with E-state index in [9.17, 15) is 30.3 Å². The molecular weight excluding hydrogens is 428 g/mol. The van der Waals surface area contributed by atoms with Crippen molar-refractivity contribution in [3.8, 4) is 11.5 Å². The second kappa shape index (κ2) is 8.13. The van der Waals surface area contributed by atoms with Gasteiger partial charge in [0.1, 0.15) is 17.6 Å². The number of benzene rings is 1. The van der Waals surface area contributed by atoms with E-state index in [1.165, 1.54) is 32.2 Å². The summed E-state index contributed by atoms with van der Waals surface area (Å²) in [5.74, 6) is -2.81. The molecule has 0 aromatic heterocycles. The largest absolute Gasteiger partial charge is 0.508 e. The first kappa shape index (κ1) is 23.8. The zero-order valence-corrected chi connectivity index (χ0v) is 19.2. The first-order valence-corrected chi connectivity index (χ1v) is 11.2. The number of aliphatic hydroxyl groups is 3. The highest BCUT2D eigenvalue weighted by Crippen LogP contribution is 2.48. The summed E-state index contributed by atoms with van der Waals surface area (Å²) in [6, 6.07) is 3.90. The van der Waals surface area contributed by atoms with Crippen molar-refractivity contribution in [3.63, 3.8) is 0 Å². The number of hydrogen-bond acceptors (Lipinski definition) is 8. The molecule has 0 spiro atoms. The number of rotatable bonds is 4. The molecule has 4 rings (SSSR count). The summed E-state index contributed by atoms with van der Waals surface area (Å²) in [4.78, 5) is 13.6. The number of fused-ring (bicyclic) bond motifs is 3. The average molecular weight is 461 g/mol. The first-order chi connectivity index (χ1) is 15.3. The topological polar surface area (TPSA) is 137 Å². The van der Waals surface area contributed by atoms with E-state index in [1.54, 1.807) is 0 Å². The van der Waals surface area contributed by atoms with Crippen LogP contribution >= 0.6 is 0 Å². The van der Waals surface area contributed by atoms with Crippen LogP contribution in [0.1, 0.15) is 39.7 Å². The molecule has 1 aliphatic carbocycles. The highest BCUT2D eigenvalue weighted by Gasteiger charge is 2.57. The van der Waals surface area contributed by atoms with Crippen LogP contribution in [0.5, 0.6) is 11.5 Å². The minimum absolute atomic E-state index is 0.0236. The Kier molecular flexibility index (Phi) is 5.85. The SMILES string of the molecule is CC1(C)C=CC2C(O1)C(CC(O)C(C)(C)O)C(O)C1C(=O)C(c3ccc(O)cc3O)=COC21. The average Bonchev–Trinajstić information content (AvgIpc) is 2.70. The first-order valence-electron chi connectivity index (χ1n) is 11.2. The van der Waals surface area contributed by atoms with E-state index in [4.69, 9.17) is 9.47 Å². The molecule has 0 radical (unpaired) electrons. The molecule has 1 fully saturated rings. The van der Waals surface area contributed by atoms with Crippen LogP contribution in [-0.4, -0.2) is 66.9 Å². The standard InChI is InChI=1S/C25H32O8/c1-24(2)8-7-14-22(33-24)15(10-18(28)25(3,4)31)20(29)19-21(30)16(11-32-23(14)19)13-6-5-12(26)9-17(13)27/h5-9,11,14-15,18-20,22-23,26-29,31H,10H2,1-4H3.